The largest absolute Gasteiger partial charge is 0.352 e. The Kier molecular flexibility index (Phi) is 6.82. The number of rotatable bonds is 6. The van der Waals surface area contributed by atoms with Crippen molar-refractivity contribution in [1.29, 1.82) is 0 Å². The normalized spacial score (nSPS) is 15.4. The molecule has 1 aliphatic heterocycles. The molecule has 0 spiro atoms. The Balaban J connectivity index is 1.66. The molecule has 29 heavy (non-hydrogen) atoms. The van der Waals surface area contributed by atoms with E-state index in [0.29, 0.717) is 34.4 Å². The van der Waals surface area contributed by atoms with Crippen LogP contribution in [-0.2, 0) is 9.59 Å². The van der Waals surface area contributed by atoms with Gasteiger partial charge in [0.05, 0.1) is 22.2 Å². The molecule has 1 atom stereocenters. The van der Waals surface area contributed by atoms with Gasteiger partial charge in [0.15, 0.2) is 0 Å². The van der Waals surface area contributed by atoms with Gasteiger partial charge in [-0.3, -0.25) is 14.4 Å². The number of nitrogens with one attached hydrogen (secondary N) is 3. The first-order chi connectivity index (χ1) is 13.8. The van der Waals surface area contributed by atoms with Crippen LogP contribution in [-0.4, -0.2) is 29.5 Å². The first-order valence-corrected chi connectivity index (χ1v) is 10.5. The molecule has 0 bridgehead atoms. The SMILES string of the molecule is CC(C)CNC(=O)c1ccccc1NC(=O)CC1Sc2ccc(Cl)cc2NC1=O. The number of carbonyl (C=O) groups is 3. The van der Waals surface area contributed by atoms with Crippen molar-refractivity contribution in [1.82, 2.24) is 5.32 Å². The summed E-state index contributed by atoms with van der Waals surface area (Å²) < 4.78 is 0. The van der Waals surface area contributed by atoms with Gasteiger partial charge >= 0.3 is 0 Å². The van der Waals surface area contributed by atoms with Gasteiger partial charge in [0, 0.05) is 22.9 Å². The second-order valence-electron chi connectivity index (χ2n) is 7.14. The van der Waals surface area contributed by atoms with E-state index in [1.165, 1.54) is 11.8 Å². The molecule has 1 aliphatic rings. The molecule has 1 heterocycles. The number of hydrogen-bond acceptors (Lipinski definition) is 4. The lowest BCUT2D eigenvalue weighted by molar-refractivity contribution is -0.120. The standard InChI is InChI=1S/C21H22ClN3O3S/c1-12(2)11-23-20(27)14-5-3-4-6-15(14)24-19(26)10-18-21(28)25-16-9-13(22)7-8-17(16)29-18/h3-9,12,18H,10-11H2,1-2H3,(H,23,27)(H,24,26)(H,25,28). The van der Waals surface area contributed by atoms with Gasteiger partial charge < -0.3 is 16.0 Å². The van der Waals surface area contributed by atoms with Crippen molar-refractivity contribution in [3.63, 3.8) is 0 Å². The highest BCUT2D eigenvalue weighted by atomic mass is 35.5. The van der Waals surface area contributed by atoms with Gasteiger partial charge in [0.2, 0.25) is 11.8 Å². The predicted molar refractivity (Wildman–Crippen MR) is 117 cm³/mol. The topological polar surface area (TPSA) is 87.3 Å². The first-order valence-electron chi connectivity index (χ1n) is 9.27. The van der Waals surface area contributed by atoms with Crippen LogP contribution >= 0.6 is 23.4 Å². The highest BCUT2D eigenvalue weighted by Crippen LogP contribution is 2.38. The average Bonchev–Trinajstić information content (AvgIpc) is 2.67. The Bertz CT molecular complexity index is 949. The average molecular weight is 432 g/mol. The van der Waals surface area contributed by atoms with Gasteiger partial charge in [-0.25, -0.2) is 0 Å². The van der Waals surface area contributed by atoms with Crippen LogP contribution in [0.25, 0.3) is 0 Å². The van der Waals surface area contributed by atoms with Gasteiger partial charge in [0.1, 0.15) is 0 Å². The zero-order chi connectivity index (χ0) is 21.0. The first kappa shape index (κ1) is 21.2. The van der Waals surface area contributed by atoms with E-state index in [9.17, 15) is 14.4 Å². The van der Waals surface area contributed by atoms with Gasteiger partial charge in [-0.2, -0.15) is 0 Å². The molecule has 0 aromatic heterocycles. The third-order valence-electron chi connectivity index (χ3n) is 4.25. The number of fused-ring (bicyclic) bond motifs is 1. The molecule has 152 valence electrons. The highest BCUT2D eigenvalue weighted by molar-refractivity contribution is 8.01. The molecule has 3 amide bonds. The molecule has 2 aromatic rings. The molecule has 0 aliphatic carbocycles. The van der Waals surface area contributed by atoms with Crippen LogP contribution in [0.5, 0.6) is 0 Å². The number of halogens is 1. The Morgan fingerprint density at radius 1 is 1.21 bits per heavy atom. The van der Waals surface area contributed by atoms with Crippen molar-refractivity contribution in [2.45, 2.75) is 30.4 Å². The fourth-order valence-electron chi connectivity index (χ4n) is 2.81. The quantitative estimate of drug-likeness (QED) is 0.640. The summed E-state index contributed by atoms with van der Waals surface area (Å²) in [6, 6.07) is 12.1. The Hall–Kier alpha value is -2.51. The van der Waals surface area contributed by atoms with E-state index < -0.39 is 5.25 Å². The lowest BCUT2D eigenvalue weighted by Gasteiger charge is -2.24. The minimum absolute atomic E-state index is 0.0134. The van der Waals surface area contributed by atoms with E-state index >= 15 is 0 Å². The van der Waals surface area contributed by atoms with Crippen LogP contribution in [0.2, 0.25) is 5.02 Å². The van der Waals surface area contributed by atoms with Gasteiger partial charge in [-0.05, 0) is 36.2 Å². The molecular weight excluding hydrogens is 410 g/mol. The molecule has 6 nitrogen and oxygen atoms in total. The van der Waals surface area contributed by atoms with Gasteiger partial charge in [-0.1, -0.05) is 37.6 Å². The number of hydrogen-bond donors (Lipinski definition) is 3. The number of carbonyl (C=O) groups excluding carboxylic acids is 3. The summed E-state index contributed by atoms with van der Waals surface area (Å²) in [5.74, 6) is -0.507. The van der Waals surface area contributed by atoms with Crippen molar-refractivity contribution in [2.24, 2.45) is 5.92 Å². The second kappa shape index (κ2) is 9.33. The molecule has 1 unspecified atom stereocenters. The number of amides is 3. The number of benzene rings is 2. The van der Waals surface area contributed by atoms with E-state index in [0.717, 1.165) is 4.90 Å². The monoisotopic (exact) mass is 431 g/mol. The lowest BCUT2D eigenvalue weighted by atomic mass is 10.1. The molecule has 8 heteroatoms. The van der Waals surface area contributed by atoms with Crippen LogP contribution in [0, 0.1) is 5.92 Å². The maximum absolute atomic E-state index is 12.6. The molecule has 0 fully saturated rings. The number of thioether (sulfide) groups is 1. The minimum Gasteiger partial charge on any atom is -0.352 e. The molecule has 3 N–H and O–H groups in total. The fourth-order valence-corrected chi connectivity index (χ4v) is 4.07. The third kappa shape index (κ3) is 5.52. The number of anilines is 2. The maximum Gasteiger partial charge on any atom is 0.253 e. The zero-order valence-corrected chi connectivity index (χ0v) is 17.7. The third-order valence-corrected chi connectivity index (χ3v) is 5.76. The van der Waals surface area contributed by atoms with Crippen LogP contribution in [0.1, 0.15) is 30.6 Å². The van der Waals surface area contributed by atoms with Crippen molar-refractivity contribution in [2.75, 3.05) is 17.2 Å². The predicted octanol–water partition coefficient (Wildman–Crippen LogP) is 4.17. The molecular formula is C21H22ClN3O3S. The summed E-state index contributed by atoms with van der Waals surface area (Å²) in [5, 5.41) is 8.37. The molecule has 0 radical (unpaired) electrons. The van der Waals surface area contributed by atoms with E-state index in [-0.39, 0.29) is 24.1 Å². The fraction of sp³-hybridized carbons (Fsp3) is 0.286. The molecule has 2 aromatic carbocycles. The van der Waals surface area contributed by atoms with Crippen LogP contribution in [0.4, 0.5) is 11.4 Å². The second-order valence-corrected chi connectivity index (χ2v) is 8.82. The summed E-state index contributed by atoms with van der Waals surface area (Å²) in [7, 11) is 0. The highest BCUT2D eigenvalue weighted by Gasteiger charge is 2.29. The van der Waals surface area contributed by atoms with Gasteiger partial charge in [0.25, 0.3) is 5.91 Å². The van der Waals surface area contributed by atoms with E-state index in [1.807, 2.05) is 19.9 Å². The smallest absolute Gasteiger partial charge is 0.253 e. The van der Waals surface area contributed by atoms with Crippen molar-refractivity contribution in [3.05, 3.63) is 53.1 Å². The van der Waals surface area contributed by atoms with Crippen molar-refractivity contribution in [3.8, 4) is 0 Å². The molecule has 0 saturated carbocycles. The summed E-state index contributed by atoms with van der Waals surface area (Å²) in [4.78, 5) is 38.2. The zero-order valence-electron chi connectivity index (χ0n) is 16.1. The van der Waals surface area contributed by atoms with Crippen LogP contribution in [0.15, 0.2) is 47.4 Å². The Morgan fingerprint density at radius 2 is 1.97 bits per heavy atom. The Labute approximate surface area is 178 Å². The number of para-hydroxylation sites is 1. The lowest BCUT2D eigenvalue weighted by Crippen LogP contribution is -2.33. The van der Waals surface area contributed by atoms with Gasteiger partial charge in [-0.15, -0.1) is 11.8 Å². The summed E-state index contributed by atoms with van der Waals surface area (Å²) in [5.41, 5.74) is 1.46. The summed E-state index contributed by atoms with van der Waals surface area (Å²) in [6.45, 7) is 4.56. The van der Waals surface area contributed by atoms with Crippen LogP contribution in [0.3, 0.4) is 0 Å². The minimum atomic E-state index is -0.564. The van der Waals surface area contributed by atoms with Crippen molar-refractivity contribution < 1.29 is 14.4 Å². The summed E-state index contributed by atoms with van der Waals surface area (Å²) >= 11 is 7.28. The Morgan fingerprint density at radius 3 is 2.72 bits per heavy atom. The maximum atomic E-state index is 12.6. The van der Waals surface area contributed by atoms with Crippen LogP contribution < -0.4 is 16.0 Å². The van der Waals surface area contributed by atoms with Crippen molar-refractivity contribution >= 4 is 52.5 Å². The van der Waals surface area contributed by atoms with E-state index in [4.69, 9.17) is 11.6 Å². The van der Waals surface area contributed by atoms with E-state index in [1.54, 1.807) is 36.4 Å². The van der Waals surface area contributed by atoms with E-state index in [2.05, 4.69) is 16.0 Å². The molecule has 0 saturated heterocycles. The summed E-state index contributed by atoms with van der Waals surface area (Å²) in [6.07, 6.45) is -0.0134. The molecule has 3 rings (SSSR count).